The van der Waals surface area contributed by atoms with Gasteiger partial charge in [-0.05, 0) is 40.6 Å². The van der Waals surface area contributed by atoms with Crippen LogP contribution in [0.5, 0.6) is 11.5 Å². The lowest BCUT2D eigenvalue weighted by atomic mass is 10.2. The van der Waals surface area contributed by atoms with Gasteiger partial charge in [0.15, 0.2) is 11.5 Å². The Hall–Kier alpha value is -2.31. The lowest BCUT2D eigenvalue weighted by Gasteiger charge is -2.31. The van der Waals surface area contributed by atoms with E-state index >= 15 is 0 Å². The second-order valence-electron chi connectivity index (χ2n) is 6.33. The molecule has 1 amide bonds. The van der Waals surface area contributed by atoms with Crippen molar-refractivity contribution in [1.29, 1.82) is 0 Å². The van der Waals surface area contributed by atoms with E-state index in [1.165, 1.54) is 5.56 Å². The summed E-state index contributed by atoms with van der Waals surface area (Å²) in [5.41, 5.74) is 2.33. The van der Waals surface area contributed by atoms with E-state index in [-0.39, 0.29) is 12.7 Å². The van der Waals surface area contributed by atoms with Crippen molar-refractivity contribution in [3.05, 3.63) is 52.2 Å². The smallest absolute Gasteiger partial charge is 0.246 e. The number of nitrogens with one attached hydrogen (secondary N) is 1. The van der Waals surface area contributed by atoms with E-state index in [2.05, 4.69) is 16.8 Å². The molecule has 1 aromatic heterocycles. The predicted octanol–water partition coefficient (Wildman–Crippen LogP) is 1.42. The molecule has 1 saturated heterocycles. The molecule has 1 aromatic carbocycles. The van der Waals surface area contributed by atoms with Gasteiger partial charge in [-0.15, -0.1) is 0 Å². The first-order chi connectivity index (χ1) is 12.3. The lowest BCUT2D eigenvalue weighted by Crippen LogP contribution is -3.13. The number of piperazine rings is 1. The number of carbonyl (C=O) groups is 1. The van der Waals surface area contributed by atoms with Crippen molar-refractivity contribution >= 4 is 23.3 Å². The average molecular weight is 357 g/mol. The second-order valence-corrected chi connectivity index (χ2v) is 7.11. The molecule has 4 rings (SSSR count). The maximum Gasteiger partial charge on any atom is 0.246 e. The molecule has 3 heterocycles. The lowest BCUT2D eigenvalue weighted by molar-refractivity contribution is -0.917. The summed E-state index contributed by atoms with van der Waals surface area (Å²) < 4.78 is 10.7. The topological polar surface area (TPSA) is 43.2 Å². The molecule has 130 valence electrons. The number of thiophene rings is 1. The number of carbonyl (C=O) groups excluding carboxylic acids is 1. The molecule has 0 aliphatic carbocycles. The standard InChI is InChI=1S/C19H20N2O3S/c22-19(4-2-15-1-3-17-18(11-15)24-14-23-17)21-8-6-20(7-9-21)12-16-5-10-25-13-16/h1-5,10-11,13H,6-9,12,14H2/p+1/b4-2+. The van der Waals surface area contributed by atoms with Crippen LogP contribution in [-0.4, -0.2) is 43.8 Å². The predicted molar refractivity (Wildman–Crippen MR) is 96.9 cm³/mol. The van der Waals surface area contributed by atoms with Gasteiger partial charge in [-0.3, -0.25) is 4.79 Å². The van der Waals surface area contributed by atoms with Crippen LogP contribution in [0.2, 0.25) is 0 Å². The van der Waals surface area contributed by atoms with Crippen molar-refractivity contribution in [2.24, 2.45) is 0 Å². The van der Waals surface area contributed by atoms with Crippen LogP contribution in [0.3, 0.4) is 0 Å². The zero-order chi connectivity index (χ0) is 17.1. The molecule has 6 heteroatoms. The number of amides is 1. The molecule has 0 bridgehead atoms. The normalized spacial score (nSPS) is 17.4. The fraction of sp³-hybridized carbons (Fsp3) is 0.316. The van der Waals surface area contributed by atoms with Gasteiger partial charge in [0.2, 0.25) is 12.7 Å². The van der Waals surface area contributed by atoms with Gasteiger partial charge in [0.25, 0.3) is 0 Å². The van der Waals surface area contributed by atoms with Crippen LogP contribution < -0.4 is 14.4 Å². The Morgan fingerprint density at radius 2 is 2.04 bits per heavy atom. The quantitative estimate of drug-likeness (QED) is 0.842. The van der Waals surface area contributed by atoms with E-state index in [4.69, 9.17) is 9.47 Å². The van der Waals surface area contributed by atoms with Gasteiger partial charge >= 0.3 is 0 Å². The molecule has 1 fully saturated rings. The Morgan fingerprint density at radius 3 is 2.84 bits per heavy atom. The fourth-order valence-corrected chi connectivity index (χ4v) is 3.86. The highest BCUT2D eigenvalue weighted by molar-refractivity contribution is 7.07. The first-order valence-corrected chi connectivity index (χ1v) is 9.43. The van der Waals surface area contributed by atoms with Crippen LogP contribution in [0.25, 0.3) is 6.08 Å². The van der Waals surface area contributed by atoms with Crippen molar-refractivity contribution in [2.45, 2.75) is 6.54 Å². The molecule has 0 radical (unpaired) electrons. The van der Waals surface area contributed by atoms with Crippen molar-refractivity contribution < 1.29 is 19.2 Å². The van der Waals surface area contributed by atoms with Crippen LogP contribution in [0, 0.1) is 0 Å². The highest BCUT2D eigenvalue weighted by atomic mass is 32.1. The Balaban J connectivity index is 1.30. The number of fused-ring (bicyclic) bond motifs is 1. The number of hydrogen-bond donors (Lipinski definition) is 1. The number of rotatable bonds is 4. The Labute approximate surface area is 151 Å². The molecular formula is C19H21N2O3S+. The van der Waals surface area contributed by atoms with Crippen LogP contribution in [-0.2, 0) is 11.3 Å². The minimum atomic E-state index is 0.0762. The van der Waals surface area contributed by atoms with Gasteiger partial charge in [0.05, 0.1) is 26.2 Å². The van der Waals surface area contributed by atoms with Gasteiger partial charge < -0.3 is 19.3 Å². The van der Waals surface area contributed by atoms with Crippen LogP contribution in [0.4, 0.5) is 0 Å². The van der Waals surface area contributed by atoms with Crippen molar-refractivity contribution in [2.75, 3.05) is 33.0 Å². The van der Waals surface area contributed by atoms with E-state index in [1.54, 1.807) is 22.3 Å². The number of quaternary nitrogens is 1. The molecule has 2 aliphatic rings. The zero-order valence-corrected chi connectivity index (χ0v) is 14.8. The summed E-state index contributed by atoms with van der Waals surface area (Å²) in [6.07, 6.45) is 3.50. The number of hydrogen-bond acceptors (Lipinski definition) is 4. The molecule has 1 N–H and O–H groups in total. The first-order valence-electron chi connectivity index (χ1n) is 8.49. The SMILES string of the molecule is O=C(/C=C/c1ccc2c(c1)OCO2)N1CC[NH+](Cc2ccsc2)CC1. The van der Waals surface area contributed by atoms with Gasteiger partial charge in [0.1, 0.15) is 6.54 Å². The third kappa shape index (κ3) is 3.86. The van der Waals surface area contributed by atoms with Crippen molar-refractivity contribution in [3.8, 4) is 11.5 Å². The maximum atomic E-state index is 12.4. The van der Waals surface area contributed by atoms with E-state index in [0.29, 0.717) is 0 Å². The number of ether oxygens (including phenoxy) is 2. The first kappa shape index (κ1) is 16.2. The monoisotopic (exact) mass is 357 g/mol. The van der Waals surface area contributed by atoms with Gasteiger partial charge in [0, 0.05) is 11.6 Å². The largest absolute Gasteiger partial charge is 0.454 e. The van der Waals surface area contributed by atoms with Crippen LogP contribution in [0.15, 0.2) is 41.1 Å². The summed E-state index contributed by atoms with van der Waals surface area (Å²) in [7, 11) is 0. The minimum Gasteiger partial charge on any atom is -0.454 e. The zero-order valence-electron chi connectivity index (χ0n) is 13.9. The molecule has 2 aromatic rings. The number of nitrogens with zero attached hydrogens (tertiary/aromatic N) is 1. The van der Waals surface area contributed by atoms with Crippen LogP contribution >= 0.6 is 11.3 Å². The summed E-state index contributed by atoms with van der Waals surface area (Å²) in [6, 6.07) is 7.89. The van der Waals surface area contributed by atoms with Gasteiger partial charge in [-0.1, -0.05) is 6.07 Å². The molecule has 2 aliphatic heterocycles. The third-order valence-electron chi connectivity index (χ3n) is 4.63. The Morgan fingerprint density at radius 1 is 1.20 bits per heavy atom. The molecule has 0 unspecified atom stereocenters. The Bertz CT molecular complexity index is 765. The van der Waals surface area contributed by atoms with E-state index in [0.717, 1.165) is 49.8 Å². The van der Waals surface area contributed by atoms with E-state index in [9.17, 15) is 4.79 Å². The number of benzene rings is 1. The van der Waals surface area contributed by atoms with E-state index in [1.807, 2.05) is 29.2 Å². The molecule has 0 spiro atoms. The highest BCUT2D eigenvalue weighted by Crippen LogP contribution is 2.32. The molecular weight excluding hydrogens is 336 g/mol. The fourth-order valence-electron chi connectivity index (χ4n) is 3.19. The van der Waals surface area contributed by atoms with Crippen molar-refractivity contribution in [3.63, 3.8) is 0 Å². The Kier molecular flexibility index (Phi) is 4.72. The molecule has 0 saturated carbocycles. The highest BCUT2D eigenvalue weighted by Gasteiger charge is 2.22. The summed E-state index contributed by atoms with van der Waals surface area (Å²) in [4.78, 5) is 15.9. The van der Waals surface area contributed by atoms with Gasteiger partial charge in [-0.25, -0.2) is 0 Å². The summed E-state index contributed by atoms with van der Waals surface area (Å²) in [5, 5.41) is 4.33. The van der Waals surface area contributed by atoms with Gasteiger partial charge in [-0.2, -0.15) is 11.3 Å². The van der Waals surface area contributed by atoms with E-state index < -0.39 is 0 Å². The van der Waals surface area contributed by atoms with Crippen molar-refractivity contribution in [1.82, 2.24) is 4.90 Å². The molecule has 25 heavy (non-hydrogen) atoms. The van der Waals surface area contributed by atoms with Crippen LogP contribution in [0.1, 0.15) is 11.1 Å². The average Bonchev–Trinajstić information content (AvgIpc) is 3.31. The summed E-state index contributed by atoms with van der Waals surface area (Å²) in [6.45, 7) is 4.93. The summed E-state index contributed by atoms with van der Waals surface area (Å²) in [5.74, 6) is 1.57. The molecule has 0 atom stereocenters. The third-order valence-corrected chi connectivity index (χ3v) is 5.36. The second kappa shape index (κ2) is 7.29. The minimum absolute atomic E-state index is 0.0762. The summed E-state index contributed by atoms with van der Waals surface area (Å²) >= 11 is 1.74. The molecule has 5 nitrogen and oxygen atoms in total. The maximum absolute atomic E-state index is 12.4.